The van der Waals surface area contributed by atoms with Gasteiger partial charge in [-0.15, -0.1) is 0 Å². The molecule has 5 rings (SSSR count). The Morgan fingerprint density at radius 1 is 0.760 bits per heavy atom. The van der Waals surface area contributed by atoms with Gasteiger partial charge in [-0.3, -0.25) is 4.98 Å². The molecule has 126 valence electrons. The van der Waals surface area contributed by atoms with Gasteiger partial charge in [-0.1, -0.05) is 48.5 Å². The van der Waals surface area contributed by atoms with Crippen molar-refractivity contribution in [2.45, 2.75) is 23.8 Å². The third kappa shape index (κ3) is 2.25. The highest BCUT2D eigenvalue weighted by molar-refractivity contribution is 5.55. The van der Waals surface area contributed by atoms with Crippen LogP contribution in [0.3, 0.4) is 0 Å². The second kappa shape index (κ2) is 5.70. The Morgan fingerprint density at radius 3 is 1.68 bits per heavy atom. The highest BCUT2D eigenvalue weighted by Gasteiger charge is 2.71. The molecule has 25 heavy (non-hydrogen) atoms. The van der Waals surface area contributed by atoms with E-state index in [-0.39, 0.29) is 23.0 Å². The van der Waals surface area contributed by atoms with Gasteiger partial charge in [-0.25, -0.2) is 8.78 Å². The predicted octanol–water partition coefficient (Wildman–Crippen LogP) is 0.840. The van der Waals surface area contributed by atoms with Crippen molar-refractivity contribution < 1.29 is 30.3 Å². The van der Waals surface area contributed by atoms with E-state index in [9.17, 15) is 8.78 Å². The number of aromatic nitrogens is 2. The van der Waals surface area contributed by atoms with Crippen LogP contribution >= 0.6 is 0 Å². The lowest BCUT2D eigenvalue weighted by Gasteiger charge is -2.18. The molecular formula is C20H15BrF2N2. The Bertz CT molecular complexity index is 874. The van der Waals surface area contributed by atoms with Gasteiger partial charge < -0.3 is 17.0 Å². The van der Waals surface area contributed by atoms with Crippen molar-refractivity contribution >= 4 is 0 Å². The number of rotatable bonds is 1. The number of alkyl halides is 2. The number of nitrogens with zero attached hydrogens (tertiary/aromatic N) is 2. The molecule has 0 bridgehead atoms. The van der Waals surface area contributed by atoms with Gasteiger partial charge in [0.25, 0.3) is 5.92 Å². The molecule has 1 unspecified atom stereocenters. The SMILES string of the molecule is FC1(F)[C@@H]2c3ccccc3C([n+]3ccncc3)c3ccccc3[C@@H]21.[Br-]. The fourth-order valence-electron chi connectivity index (χ4n) is 4.18. The Balaban J connectivity index is 0.00000157. The van der Waals surface area contributed by atoms with E-state index >= 15 is 0 Å². The maximum Gasteiger partial charge on any atom is 0.263 e. The Labute approximate surface area is 154 Å². The number of hydrogen-bond donors (Lipinski definition) is 0. The predicted molar refractivity (Wildman–Crippen MR) is 85.0 cm³/mol. The smallest absolute Gasteiger partial charge is 0.263 e. The van der Waals surface area contributed by atoms with Crippen LogP contribution in [0.1, 0.15) is 40.1 Å². The molecule has 1 heterocycles. The molecule has 0 N–H and O–H groups in total. The summed E-state index contributed by atoms with van der Waals surface area (Å²) in [4.78, 5) is 4.08. The molecule has 2 aliphatic carbocycles. The van der Waals surface area contributed by atoms with E-state index < -0.39 is 17.8 Å². The van der Waals surface area contributed by atoms with E-state index in [1.807, 2.05) is 65.5 Å². The molecule has 2 aromatic carbocycles. The molecule has 0 spiro atoms. The molecule has 3 aromatic rings. The van der Waals surface area contributed by atoms with Gasteiger partial charge >= 0.3 is 0 Å². The van der Waals surface area contributed by atoms with Gasteiger partial charge in [0.2, 0.25) is 6.04 Å². The zero-order valence-electron chi connectivity index (χ0n) is 13.2. The normalized spacial score (nSPS) is 24.8. The summed E-state index contributed by atoms with van der Waals surface area (Å²) in [5.41, 5.74) is 3.42. The highest BCUT2D eigenvalue weighted by Crippen LogP contribution is 2.69. The van der Waals surface area contributed by atoms with Crippen molar-refractivity contribution in [1.82, 2.24) is 4.98 Å². The standard InChI is InChI=1S/C20H15F2N2.BrH/c21-20(22)17-13-5-1-3-7-15(13)19(24-11-9-23-10-12-24)16-8-4-2-6-14(16)18(17)20;/h1-12,17-19H;1H/q+1;/p-1/t17-,18+,19?;. The summed E-state index contributed by atoms with van der Waals surface area (Å²) < 4.78 is 31.2. The molecular weight excluding hydrogens is 386 g/mol. The Kier molecular flexibility index (Phi) is 3.72. The zero-order valence-corrected chi connectivity index (χ0v) is 14.8. The fraction of sp³-hybridized carbons (Fsp3) is 0.200. The third-order valence-electron chi connectivity index (χ3n) is 5.25. The van der Waals surface area contributed by atoms with E-state index in [1.165, 1.54) is 0 Å². The quantitative estimate of drug-likeness (QED) is 0.553. The molecule has 1 aromatic heterocycles. The number of halogens is 3. The van der Waals surface area contributed by atoms with Crippen molar-refractivity contribution in [2.24, 2.45) is 0 Å². The van der Waals surface area contributed by atoms with Gasteiger partial charge in [0.05, 0.1) is 24.2 Å². The maximum absolute atomic E-state index is 14.6. The first-order valence-electron chi connectivity index (χ1n) is 8.06. The molecule has 5 heteroatoms. The molecule has 3 atom stereocenters. The molecule has 0 radical (unpaired) electrons. The van der Waals surface area contributed by atoms with Crippen molar-refractivity contribution in [1.29, 1.82) is 0 Å². The monoisotopic (exact) mass is 400 g/mol. The number of hydrogen-bond acceptors (Lipinski definition) is 1. The average molecular weight is 401 g/mol. The summed E-state index contributed by atoms with van der Waals surface area (Å²) in [6, 6.07) is 15.1. The van der Waals surface area contributed by atoms with E-state index in [4.69, 9.17) is 0 Å². The van der Waals surface area contributed by atoms with Crippen molar-refractivity contribution in [2.75, 3.05) is 0 Å². The first kappa shape index (κ1) is 16.3. The lowest BCUT2D eigenvalue weighted by molar-refractivity contribution is -0.705. The summed E-state index contributed by atoms with van der Waals surface area (Å²) in [6.07, 6.45) is 7.25. The van der Waals surface area contributed by atoms with E-state index in [0.29, 0.717) is 0 Å². The molecule has 0 aliphatic heterocycles. The minimum atomic E-state index is -2.67. The number of benzene rings is 2. The highest BCUT2D eigenvalue weighted by atomic mass is 79.9. The second-order valence-corrected chi connectivity index (χ2v) is 6.48. The van der Waals surface area contributed by atoms with Crippen molar-refractivity contribution in [3.63, 3.8) is 0 Å². The third-order valence-corrected chi connectivity index (χ3v) is 5.25. The summed E-state index contributed by atoms with van der Waals surface area (Å²) in [7, 11) is 0. The zero-order chi connectivity index (χ0) is 16.3. The molecule has 2 aliphatic rings. The molecule has 0 saturated heterocycles. The minimum absolute atomic E-state index is 0. The first-order valence-corrected chi connectivity index (χ1v) is 8.06. The molecule has 2 nitrogen and oxygen atoms in total. The van der Waals surface area contributed by atoms with Gasteiger partial charge in [0.15, 0.2) is 12.4 Å². The van der Waals surface area contributed by atoms with Gasteiger partial charge in [-0.2, -0.15) is 4.57 Å². The van der Waals surface area contributed by atoms with E-state index in [1.54, 1.807) is 12.4 Å². The summed E-state index contributed by atoms with van der Waals surface area (Å²) in [5, 5.41) is 0. The fourth-order valence-corrected chi connectivity index (χ4v) is 4.18. The maximum atomic E-state index is 14.6. The largest absolute Gasteiger partial charge is 1.00 e. The van der Waals surface area contributed by atoms with Gasteiger partial charge in [-0.05, 0) is 11.1 Å². The molecule has 1 fully saturated rings. The van der Waals surface area contributed by atoms with Crippen LogP contribution in [0.2, 0.25) is 0 Å². The molecule has 1 saturated carbocycles. The second-order valence-electron chi connectivity index (χ2n) is 6.48. The molecule has 0 amide bonds. The van der Waals surface area contributed by atoms with Crippen LogP contribution < -0.4 is 21.5 Å². The van der Waals surface area contributed by atoms with Crippen LogP contribution in [0, 0.1) is 0 Å². The Morgan fingerprint density at radius 2 is 1.20 bits per heavy atom. The average Bonchev–Trinajstić information content (AvgIpc) is 3.22. The van der Waals surface area contributed by atoms with Crippen molar-refractivity contribution in [3.05, 3.63) is 95.6 Å². The van der Waals surface area contributed by atoms with Gasteiger partial charge in [0, 0.05) is 11.1 Å². The summed E-state index contributed by atoms with van der Waals surface area (Å²) in [5.74, 6) is -4.11. The van der Waals surface area contributed by atoms with Crippen LogP contribution in [-0.4, -0.2) is 10.9 Å². The topological polar surface area (TPSA) is 16.8 Å². The Hall–Kier alpha value is -2.14. The van der Waals surface area contributed by atoms with Crippen LogP contribution in [-0.2, 0) is 0 Å². The van der Waals surface area contributed by atoms with Crippen LogP contribution in [0.15, 0.2) is 73.3 Å². The van der Waals surface area contributed by atoms with Crippen LogP contribution in [0.5, 0.6) is 0 Å². The first-order chi connectivity index (χ1) is 11.7. The lowest BCUT2D eigenvalue weighted by atomic mass is 9.92. The summed E-state index contributed by atoms with van der Waals surface area (Å²) >= 11 is 0. The summed E-state index contributed by atoms with van der Waals surface area (Å²) in [6.45, 7) is 0. The minimum Gasteiger partial charge on any atom is -1.00 e. The van der Waals surface area contributed by atoms with Gasteiger partial charge in [0.1, 0.15) is 0 Å². The van der Waals surface area contributed by atoms with E-state index in [2.05, 4.69) is 4.98 Å². The number of fused-ring (bicyclic) bond motifs is 5. The van der Waals surface area contributed by atoms with Crippen LogP contribution in [0.25, 0.3) is 0 Å². The van der Waals surface area contributed by atoms with Crippen LogP contribution in [0.4, 0.5) is 8.78 Å². The van der Waals surface area contributed by atoms with E-state index in [0.717, 1.165) is 22.3 Å². The van der Waals surface area contributed by atoms with Crippen molar-refractivity contribution in [3.8, 4) is 0 Å². The lowest BCUT2D eigenvalue weighted by Crippen LogP contribution is -3.00.